The summed E-state index contributed by atoms with van der Waals surface area (Å²) in [5, 5.41) is 3.19. The van der Waals surface area contributed by atoms with E-state index in [-0.39, 0.29) is 24.0 Å². The van der Waals surface area contributed by atoms with E-state index < -0.39 is 8.32 Å². The van der Waals surface area contributed by atoms with Gasteiger partial charge in [-0.3, -0.25) is 9.59 Å². The maximum absolute atomic E-state index is 13.6. The quantitative estimate of drug-likeness (QED) is 0.292. The lowest BCUT2D eigenvalue weighted by Gasteiger charge is -2.39. The smallest absolute Gasteiger partial charge is 0.274 e. The van der Waals surface area contributed by atoms with Crippen molar-refractivity contribution in [1.29, 1.82) is 0 Å². The van der Waals surface area contributed by atoms with Gasteiger partial charge in [0.25, 0.3) is 11.8 Å². The number of amides is 2. The molecule has 0 fully saturated rings. The molecule has 0 bridgehead atoms. The van der Waals surface area contributed by atoms with E-state index in [4.69, 9.17) is 20.8 Å². The van der Waals surface area contributed by atoms with Crippen molar-refractivity contribution in [3.8, 4) is 5.75 Å². The van der Waals surface area contributed by atoms with Crippen LogP contribution in [0.5, 0.6) is 5.75 Å². The fourth-order valence-electron chi connectivity index (χ4n) is 2.89. The largest absolute Gasteiger partial charge is 0.495 e. The van der Waals surface area contributed by atoms with Crippen molar-refractivity contribution in [3.05, 3.63) is 64.7 Å². The highest BCUT2D eigenvalue weighted by molar-refractivity contribution is 6.69. The van der Waals surface area contributed by atoms with E-state index in [1.807, 2.05) is 46.5 Å². The van der Waals surface area contributed by atoms with Crippen molar-refractivity contribution in [1.82, 2.24) is 10.0 Å². The fourth-order valence-corrected chi connectivity index (χ4v) is 3.65. The lowest BCUT2D eigenvalue weighted by atomic mass is 9.96. The van der Waals surface area contributed by atoms with Gasteiger partial charge < -0.3 is 9.16 Å². The Hall–Kier alpha value is -2.35. The molecule has 2 aromatic rings. The maximum Gasteiger partial charge on any atom is 0.274 e. The van der Waals surface area contributed by atoms with Crippen molar-refractivity contribution in [2.24, 2.45) is 5.41 Å². The van der Waals surface area contributed by atoms with Crippen LogP contribution in [0.2, 0.25) is 24.7 Å². The van der Waals surface area contributed by atoms with Gasteiger partial charge in [0.05, 0.1) is 12.1 Å². The Labute approximate surface area is 197 Å². The van der Waals surface area contributed by atoms with Crippen LogP contribution >= 0.6 is 11.6 Å². The minimum Gasteiger partial charge on any atom is -0.495 e. The molecule has 0 saturated carbocycles. The third kappa shape index (κ3) is 7.36. The predicted octanol–water partition coefficient (Wildman–Crippen LogP) is 5.70. The number of benzene rings is 2. The lowest BCUT2D eigenvalue weighted by Crippen LogP contribution is -2.54. The van der Waals surface area contributed by atoms with Crippen molar-refractivity contribution < 1.29 is 18.8 Å². The summed E-state index contributed by atoms with van der Waals surface area (Å²) in [5.74, 6) is -0.172. The highest BCUT2D eigenvalue weighted by Gasteiger charge is 2.33. The summed E-state index contributed by atoms with van der Waals surface area (Å²) in [6.45, 7) is 12.4. The zero-order valence-corrected chi connectivity index (χ0v) is 21.7. The summed E-state index contributed by atoms with van der Waals surface area (Å²) in [5.41, 5.74) is 0.574. The first-order chi connectivity index (χ1) is 14.8. The molecule has 2 rings (SSSR count). The SMILES string of the molecule is COc1ccc(C(=O)N(CO[Si](C)(C)C)N(CC(C)(C)C)C(=O)c2ccccc2)cc1Cl. The van der Waals surface area contributed by atoms with Crippen LogP contribution in [0.3, 0.4) is 0 Å². The number of rotatable bonds is 7. The van der Waals surface area contributed by atoms with Crippen LogP contribution in [0.15, 0.2) is 48.5 Å². The standard InChI is InChI=1S/C24H33ClN2O4Si/c1-24(2,3)16-26(22(28)18-11-9-8-10-12-18)27(17-31-32(5,6)7)23(29)19-13-14-21(30-4)20(25)15-19/h8-15H,16-17H2,1-7H3. The second kappa shape index (κ2) is 10.5. The molecule has 0 aliphatic rings. The van der Waals surface area contributed by atoms with E-state index in [1.54, 1.807) is 42.5 Å². The van der Waals surface area contributed by atoms with Crippen LogP contribution in [-0.2, 0) is 4.43 Å². The molecule has 2 aromatic carbocycles. The van der Waals surface area contributed by atoms with Gasteiger partial charge in [0.1, 0.15) is 12.5 Å². The molecule has 0 N–H and O–H groups in total. The predicted molar refractivity (Wildman–Crippen MR) is 130 cm³/mol. The molecule has 0 aliphatic heterocycles. The highest BCUT2D eigenvalue weighted by Crippen LogP contribution is 2.27. The number of halogens is 1. The van der Waals surface area contributed by atoms with Crippen molar-refractivity contribution in [2.45, 2.75) is 40.4 Å². The highest BCUT2D eigenvalue weighted by atomic mass is 35.5. The van der Waals surface area contributed by atoms with Crippen LogP contribution in [0.1, 0.15) is 41.5 Å². The number of nitrogens with zero attached hydrogens (tertiary/aromatic N) is 2. The number of carbonyl (C=O) groups excluding carboxylic acids is 2. The number of ether oxygens (including phenoxy) is 1. The van der Waals surface area contributed by atoms with Gasteiger partial charge >= 0.3 is 0 Å². The Kier molecular flexibility index (Phi) is 8.51. The Morgan fingerprint density at radius 2 is 1.53 bits per heavy atom. The van der Waals surface area contributed by atoms with Crippen LogP contribution in [0, 0.1) is 5.41 Å². The van der Waals surface area contributed by atoms with Gasteiger partial charge in [0.15, 0.2) is 8.32 Å². The van der Waals surface area contributed by atoms with Crippen LogP contribution in [0.25, 0.3) is 0 Å². The number of hydrogen-bond donors (Lipinski definition) is 0. The summed E-state index contributed by atoms with van der Waals surface area (Å²) in [4.78, 5) is 27.2. The number of hydrazine groups is 1. The Morgan fingerprint density at radius 1 is 0.938 bits per heavy atom. The topological polar surface area (TPSA) is 59.1 Å². The van der Waals surface area contributed by atoms with Crippen LogP contribution in [-0.4, -0.2) is 50.5 Å². The lowest BCUT2D eigenvalue weighted by molar-refractivity contribution is -0.0467. The molecule has 0 unspecified atom stereocenters. The molecular weight excluding hydrogens is 444 g/mol. The molecule has 0 aromatic heterocycles. The number of methoxy groups -OCH3 is 1. The third-order valence-corrected chi connectivity index (χ3v) is 5.71. The normalized spacial score (nSPS) is 11.8. The number of carbonyl (C=O) groups is 2. The fraction of sp³-hybridized carbons (Fsp3) is 0.417. The minimum atomic E-state index is -1.99. The summed E-state index contributed by atoms with van der Waals surface area (Å²) < 4.78 is 11.3. The molecule has 0 saturated heterocycles. The Bertz CT molecular complexity index is 939. The van der Waals surface area contributed by atoms with Crippen molar-refractivity contribution in [2.75, 3.05) is 20.4 Å². The first kappa shape index (κ1) is 25.9. The average molecular weight is 477 g/mol. The zero-order chi connectivity index (χ0) is 24.1. The maximum atomic E-state index is 13.6. The van der Waals surface area contributed by atoms with Crippen molar-refractivity contribution >= 4 is 31.7 Å². The second-order valence-corrected chi connectivity index (χ2v) is 14.6. The van der Waals surface area contributed by atoms with E-state index >= 15 is 0 Å². The van der Waals surface area contributed by atoms with Gasteiger partial charge in [-0.05, 0) is 55.4 Å². The summed E-state index contributed by atoms with van der Waals surface area (Å²) in [7, 11) is -0.475. The molecule has 32 heavy (non-hydrogen) atoms. The van der Waals surface area contributed by atoms with Gasteiger partial charge in [-0.25, -0.2) is 10.0 Å². The van der Waals surface area contributed by atoms with Crippen molar-refractivity contribution in [3.63, 3.8) is 0 Å². The number of hydrogen-bond acceptors (Lipinski definition) is 4. The van der Waals surface area contributed by atoms with E-state index in [0.29, 0.717) is 28.4 Å². The molecule has 174 valence electrons. The second-order valence-electron chi connectivity index (χ2n) is 9.73. The minimum absolute atomic E-state index is 0.0349. The zero-order valence-electron chi connectivity index (χ0n) is 19.9. The Morgan fingerprint density at radius 3 is 2.03 bits per heavy atom. The molecule has 0 radical (unpaired) electrons. The van der Waals surface area contributed by atoms with Gasteiger partial charge in [-0.15, -0.1) is 0 Å². The monoisotopic (exact) mass is 476 g/mol. The molecular formula is C24H33ClN2O4Si. The van der Waals surface area contributed by atoms with Gasteiger partial charge in [-0.2, -0.15) is 0 Å². The first-order valence-corrected chi connectivity index (χ1v) is 14.3. The molecule has 6 nitrogen and oxygen atoms in total. The Balaban J connectivity index is 2.52. The third-order valence-electron chi connectivity index (χ3n) is 4.42. The molecule has 8 heteroatoms. The van der Waals surface area contributed by atoms with E-state index in [0.717, 1.165) is 0 Å². The van der Waals surface area contributed by atoms with Crippen LogP contribution in [0.4, 0.5) is 0 Å². The van der Waals surface area contributed by atoms with E-state index in [9.17, 15) is 9.59 Å². The van der Waals surface area contributed by atoms with E-state index in [2.05, 4.69) is 0 Å². The van der Waals surface area contributed by atoms with Gasteiger partial charge in [-0.1, -0.05) is 50.6 Å². The van der Waals surface area contributed by atoms with Crippen LogP contribution < -0.4 is 4.74 Å². The van der Waals surface area contributed by atoms with E-state index in [1.165, 1.54) is 17.1 Å². The summed E-state index contributed by atoms with van der Waals surface area (Å²) in [6, 6.07) is 13.8. The summed E-state index contributed by atoms with van der Waals surface area (Å²) >= 11 is 6.27. The molecule has 0 heterocycles. The molecule has 0 aliphatic carbocycles. The van der Waals surface area contributed by atoms with Gasteiger partial charge in [0, 0.05) is 17.7 Å². The van der Waals surface area contributed by atoms with Gasteiger partial charge in [0.2, 0.25) is 0 Å². The first-order valence-electron chi connectivity index (χ1n) is 10.5. The molecule has 0 spiro atoms. The average Bonchev–Trinajstić information content (AvgIpc) is 2.71. The summed E-state index contributed by atoms with van der Waals surface area (Å²) in [6.07, 6.45) is 0. The molecule has 0 atom stereocenters. The molecule has 2 amide bonds.